The van der Waals surface area contributed by atoms with Crippen LogP contribution in [0.5, 0.6) is 0 Å². The van der Waals surface area contributed by atoms with Gasteiger partial charge in [0.25, 0.3) is 0 Å². The normalized spacial score (nSPS) is 17.8. The minimum Gasteiger partial charge on any atom is -0.588 e. The number of carbonyl (C=O) groups excluding carboxylic acids is 1. The molecule has 3 N–H and O–H groups in total. The van der Waals surface area contributed by atoms with E-state index in [1.165, 1.54) is 18.2 Å². The van der Waals surface area contributed by atoms with Crippen molar-refractivity contribution in [2.75, 3.05) is 10.0 Å². The highest BCUT2D eigenvalue weighted by molar-refractivity contribution is 7.92. The minimum atomic E-state index is -1.97. The van der Waals surface area contributed by atoms with Crippen molar-refractivity contribution >= 4 is 46.2 Å². The molecule has 0 bridgehead atoms. The molecule has 1 fully saturated rings. The predicted molar refractivity (Wildman–Crippen MR) is 99.0 cm³/mol. The summed E-state index contributed by atoms with van der Waals surface area (Å²) in [6, 6.07) is 6.66. The largest absolute Gasteiger partial charge is 0.588 e. The van der Waals surface area contributed by atoms with Gasteiger partial charge in [-0.25, -0.2) is 13.9 Å². The van der Waals surface area contributed by atoms with Gasteiger partial charge < -0.3 is 15.0 Å². The number of carboxylic acid groups (broad SMARTS) is 1. The smallest absolute Gasteiger partial charge is 0.337 e. The first-order chi connectivity index (χ1) is 12.8. The molecule has 1 spiro atoms. The van der Waals surface area contributed by atoms with E-state index in [9.17, 15) is 23.6 Å². The summed E-state index contributed by atoms with van der Waals surface area (Å²) in [7, 11) is 0. The summed E-state index contributed by atoms with van der Waals surface area (Å²) in [6.07, 6.45) is 2.13. The quantitative estimate of drug-likeness (QED) is 0.670. The van der Waals surface area contributed by atoms with Gasteiger partial charge in [-0.05, 0) is 42.7 Å². The molecule has 6 nitrogen and oxygen atoms in total. The fraction of sp³-hybridized carbons (Fsp3) is 0.222. The lowest BCUT2D eigenvalue weighted by Crippen LogP contribution is -2.40. The first-order valence-electron chi connectivity index (χ1n) is 8.18. The number of hydrogen-bond acceptors (Lipinski definition) is 4. The standard InChI is InChI=1S/C18H14ClFN2O4S/c19-9-2-3-14(13(20)6-9)27(26)22-10-7-11(16(23)24)15-12(8-10)18(4-1-5-18)17(25)21-15/h2-3,6-8,22H,1,4-5H2,(H,21,25)(H,23,24). The van der Waals surface area contributed by atoms with Crippen LogP contribution in [0.3, 0.4) is 0 Å². The summed E-state index contributed by atoms with van der Waals surface area (Å²) >= 11 is 3.73. The van der Waals surface area contributed by atoms with Crippen molar-refractivity contribution in [1.29, 1.82) is 0 Å². The fourth-order valence-electron chi connectivity index (χ4n) is 3.55. The first-order valence-corrected chi connectivity index (χ1v) is 9.71. The zero-order valence-corrected chi connectivity index (χ0v) is 15.4. The number of carbonyl (C=O) groups is 2. The van der Waals surface area contributed by atoms with E-state index in [0.717, 1.165) is 12.5 Å². The average molecular weight is 409 g/mol. The molecule has 0 saturated heterocycles. The molecule has 4 rings (SSSR count). The maximum Gasteiger partial charge on any atom is 0.337 e. The Kier molecular flexibility index (Phi) is 4.29. The maximum absolute atomic E-state index is 14.0. The number of amides is 1. The minimum absolute atomic E-state index is 0.0966. The van der Waals surface area contributed by atoms with Gasteiger partial charge in [-0.2, -0.15) is 0 Å². The Bertz CT molecular complexity index is 980. The Labute approximate surface area is 162 Å². The maximum atomic E-state index is 14.0. The summed E-state index contributed by atoms with van der Waals surface area (Å²) in [5, 5.41) is 12.4. The number of fused-ring (bicyclic) bond motifs is 2. The third-order valence-electron chi connectivity index (χ3n) is 5.07. The second kappa shape index (κ2) is 6.40. The van der Waals surface area contributed by atoms with Crippen LogP contribution in [0.25, 0.3) is 0 Å². The molecular weight excluding hydrogens is 395 g/mol. The molecule has 1 saturated carbocycles. The van der Waals surface area contributed by atoms with Crippen molar-refractivity contribution in [2.24, 2.45) is 0 Å². The van der Waals surface area contributed by atoms with Gasteiger partial charge in [0.15, 0.2) is 5.82 Å². The van der Waals surface area contributed by atoms with Crippen molar-refractivity contribution in [3.05, 3.63) is 52.3 Å². The summed E-state index contributed by atoms with van der Waals surface area (Å²) in [6.45, 7) is 0. The highest BCUT2D eigenvalue weighted by atomic mass is 35.5. The monoisotopic (exact) mass is 408 g/mol. The van der Waals surface area contributed by atoms with E-state index in [4.69, 9.17) is 11.6 Å². The van der Waals surface area contributed by atoms with Crippen LogP contribution in [0.4, 0.5) is 15.8 Å². The third kappa shape index (κ3) is 2.84. The highest BCUT2D eigenvalue weighted by Crippen LogP contribution is 2.52. The molecule has 1 amide bonds. The molecular formula is C18H14ClFN2O4S. The Balaban J connectivity index is 1.73. The lowest BCUT2D eigenvalue weighted by molar-refractivity contribution is -0.123. The van der Waals surface area contributed by atoms with Gasteiger partial charge in [-0.3, -0.25) is 4.79 Å². The van der Waals surface area contributed by atoms with Crippen molar-refractivity contribution in [2.45, 2.75) is 29.6 Å². The molecule has 27 heavy (non-hydrogen) atoms. The van der Waals surface area contributed by atoms with Crippen LogP contribution in [0.1, 0.15) is 35.2 Å². The molecule has 1 aliphatic carbocycles. The van der Waals surface area contributed by atoms with Gasteiger partial charge in [0.1, 0.15) is 11.4 Å². The van der Waals surface area contributed by atoms with Crippen LogP contribution in [0, 0.1) is 5.82 Å². The summed E-state index contributed by atoms with van der Waals surface area (Å²) in [5.74, 6) is -2.16. The zero-order valence-electron chi connectivity index (χ0n) is 13.8. The number of nitrogens with one attached hydrogen (secondary N) is 2. The number of hydrogen-bond donors (Lipinski definition) is 3. The molecule has 1 heterocycles. The fourth-order valence-corrected chi connectivity index (χ4v) is 4.58. The number of aromatic carboxylic acids is 1. The zero-order chi connectivity index (χ0) is 19.3. The van der Waals surface area contributed by atoms with Crippen molar-refractivity contribution in [3.8, 4) is 0 Å². The van der Waals surface area contributed by atoms with E-state index in [0.29, 0.717) is 18.4 Å². The van der Waals surface area contributed by atoms with Crippen LogP contribution in [-0.4, -0.2) is 21.5 Å². The van der Waals surface area contributed by atoms with E-state index in [1.54, 1.807) is 6.07 Å². The van der Waals surface area contributed by atoms with Crippen LogP contribution in [0.2, 0.25) is 5.02 Å². The van der Waals surface area contributed by atoms with Gasteiger partial charge >= 0.3 is 5.97 Å². The Morgan fingerprint density at radius 1 is 1.33 bits per heavy atom. The van der Waals surface area contributed by atoms with Crippen LogP contribution in [-0.2, 0) is 21.6 Å². The van der Waals surface area contributed by atoms with Gasteiger partial charge in [0.05, 0.1) is 22.4 Å². The van der Waals surface area contributed by atoms with Crippen LogP contribution < -0.4 is 10.0 Å². The summed E-state index contributed by atoms with van der Waals surface area (Å²) < 4.78 is 29.2. The van der Waals surface area contributed by atoms with Gasteiger partial charge in [0.2, 0.25) is 10.8 Å². The lowest BCUT2D eigenvalue weighted by Gasteiger charge is -2.36. The third-order valence-corrected chi connectivity index (χ3v) is 6.46. The number of anilines is 2. The molecule has 1 unspecified atom stereocenters. The first kappa shape index (κ1) is 18.1. The topological polar surface area (TPSA) is 101 Å². The van der Waals surface area contributed by atoms with Gasteiger partial charge in [-0.1, -0.05) is 18.0 Å². The molecule has 2 aliphatic rings. The Hall–Kier alpha value is -2.29. The summed E-state index contributed by atoms with van der Waals surface area (Å²) in [5.41, 5.74) is 0.266. The SMILES string of the molecule is O=C(O)c1cc(N[S+]([O-])c2ccc(Cl)cc2F)cc2c1NC(=O)C21CCC1. The number of carboxylic acids is 1. The number of benzene rings is 2. The molecule has 1 aliphatic heterocycles. The molecule has 2 aromatic rings. The molecule has 9 heteroatoms. The van der Waals surface area contributed by atoms with Gasteiger partial charge in [0, 0.05) is 11.1 Å². The van der Waals surface area contributed by atoms with E-state index >= 15 is 0 Å². The lowest BCUT2D eigenvalue weighted by atomic mass is 9.65. The van der Waals surface area contributed by atoms with Crippen molar-refractivity contribution in [1.82, 2.24) is 0 Å². The van der Waals surface area contributed by atoms with E-state index < -0.39 is 28.6 Å². The molecule has 140 valence electrons. The van der Waals surface area contributed by atoms with Crippen LogP contribution >= 0.6 is 11.6 Å². The number of halogens is 2. The van der Waals surface area contributed by atoms with E-state index in [1.807, 2.05) is 0 Å². The molecule has 0 aromatic heterocycles. The van der Waals surface area contributed by atoms with Gasteiger partial charge in [-0.15, -0.1) is 0 Å². The Morgan fingerprint density at radius 3 is 2.67 bits per heavy atom. The van der Waals surface area contributed by atoms with Crippen molar-refractivity contribution in [3.63, 3.8) is 0 Å². The molecule has 0 radical (unpaired) electrons. The predicted octanol–water partition coefficient (Wildman–Crippen LogP) is 3.69. The Morgan fingerprint density at radius 2 is 2.07 bits per heavy atom. The average Bonchev–Trinajstić information content (AvgIpc) is 2.85. The number of rotatable bonds is 4. The molecule has 2 aromatic carbocycles. The van der Waals surface area contributed by atoms with Crippen LogP contribution in [0.15, 0.2) is 35.2 Å². The molecule has 1 atom stereocenters. The second-order valence-corrected chi connectivity index (χ2v) is 8.20. The van der Waals surface area contributed by atoms with Crippen molar-refractivity contribution < 1.29 is 23.6 Å². The van der Waals surface area contributed by atoms with E-state index in [-0.39, 0.29) is 32.8 Å². The summed E-state index contributed by atoms with van der Waals surface area (Å²) in [4.78, 5) is 23.9. The second-order valence-electron chi connectivity index (χ2n) is 6.59. The highest BCUT2D eigenvalue weighted by Gasteiger charge is 2.52. The van der Waals surface area contributed by atoms with E-state index in [2.05, 4.69) is 10.0 Å².